The van der Waals surface area contributed by atoms with Gasteiger partial charge in [-0.05, 0) is 72.7 Å². The normalized spacial score (nSPS) is 14.7. The fourth-order valence-electron chi connectivity index (χ4n) is 9.34. The van der Waals surface area contributed by atoms with Gasteiger partial charge in [0.05, 0.1) is 5.41 Å². The second-order valence-corrected chi connectivity index (χ2v) is 28.4. The molecule has 6 rings (SSSR count). The van der Waals surface area contributed by atoms with E-state index >= 15 is 5.11 Å². The van der Waals surface area contributed by atoms with E-state index in [1.165, 1.54) is 70.0 Å². The van der Waals surface area contributed by atoms with Gasteiger partial charge in [-0.3, -0.25) is 9.80 Å². The number of hydrogen-bond acceptors (Lipinski definition) is 3. The van der Waals surface area contributed by atoms with E-state index in [4.69, 9.17) is 4.65 Å². The Morgan fingerprint density at radius 3 is 1.63 bits per heavy atom. The summed E-state index contributed by atoms with van der Waals surface area (Å²) >= 11 is 0. The Kier molecular flexibility index (Phi) is 19.8. The van der Waals surface area contributed by atoms with Crippen molar-refractivity contribution in [3.8, 4) is 5.75 Å². The van der Waals surface area contributed by atoms with Crippen molar-refractivity contribution in [2.45, 2.75) is 129 Å². The average Bonchev–Trinajstić information content (AvgIpc) is 3.65. The molecule has 4 nitrogen and oxygen atoms in total. The van der Waals surface area contributed by atoms with E-state index in [2.05, 4.69) is 196 Å². The fourth-order valence-corrected chi connectivity index (χ4v) is 17.4. The maximum atomic E-state index is 15.2. The van der Waals surface area contributed by atoms with Gasteiger partial charge in [-0.15, -0.1) is 0 Å². The van der Waals surface area contributed by atoms with Crippen LogP contribution >= 0.6 is 0 Å². The van der Waals surface area contributed by atoms with E-state index in [0.717, 1.165) is 46.5 Å². The van der Waals surface area contributed by atoms with Gasteiger partial charge in [0.1, 0.15) is 0 Å². The molecular weight excluding hydrogens is 775 g/mol. The minimum atomic E-state index is -1.11. The molecule has 0 saturated carbocycles. The third kappa shape index (κ3) is 14.5. The van der Waals surface area contributed by atoms with Crippen molar-refractivity contribution in [2.24, 2.45) is 0 Å². The number of hydrogen-bond donors (Lipinski definition) is 0. The Bertz CT molecular complexity index is 1840. The summed E-state index contributed by atoms with van der Waals surface area (Å²) in [6.45, 7) is 23.0. The van der Waals surface area contributed by atoms with Crippen LogP contribution in [0.25, 0.3) is 4.65 Å². The van der Waals surface area contributed by atoms with Crippen LogP contribution in [0.4, 0.5) is 0 Å². The molecule has 0 spiro atoms. The summed E-state index contributed by atoms with van der Waals surface area (Å²) < 4.78 is 4.82. The van der Waals surface area contributed by atoms with Crippen LogP contribution in [0.3, 0.4) is 0 Å². The molecule has 1 aliphatic heterocycles. The Balaban J connectivity index is 0.000000713. The Morgan fingerprint density at radius 2 is 1.15 bits per heavy atom. The Labute approximate surface area is 383 Å². The van der Waals surface area contributed by atoms with Gasteiger partial charge in [0.2, 0.25) is 0 Å². The van der Waals surface area contributed by atoms with Crippen LogP contribution in [-0.4, -0.2) is 75.0 Å². The predicted molar refractivity (Wildman–Crippen MR) is 263 cm³/mol. The van der Waals surface area contributed by atoms with Gasteiger partial charge < -0.3 is 9.75 Å². The number of likely N-dealkylation sites (tertiary alicyclic amines) is 1. The molecule has 1 heterocycles. The Morgan fingerprint density at radius 1 is 0.667 bits per heavy atom. The van der Waals surface area contributed by atoms with Crippen LogP contribution in [0.5, 0.6) is 5.75 Å². The molecule has 0 bridgehead atoms. The van der Waals surface area contributed by atoms with E-state index in [9.17, 15) is 0 Å². The minimum absolute atomic E-state index is 0. The molecule has 5 aromatic rings. The van der Waals surface area contributed by atoms with Crippen LogP contribution in [0, 0.1) is 6.92 Å². The van der Waals surface area contributed by atoms with Gasteiger partial charge >= 0.3 is 23.1 Å². The predicted octanol–water partition coefficient (Wildman–Crippen LogP) is 12.9. The van der Waals surface area contributed by atoms with E-state index < -0.39 is 21.9 Å². The molecule has 1 fully saturated rings. The molecule has 1 saturated heterocycles. The van der Waals surface area contributed by atoms with E-state index in [1.54, 1.807) is 0 Å². The number of rotatable bonds is 19. The molecule has 0 unspecified atom stereocenters. The summed E-state index contributed by atoms with van der Waals surface area (Å²) in [5, 5.41) is 15.2. The van der Waals surface area contributed by atoms with E-state index in [-0.39, 0.29) is 28.8 Å². The quantitative estimate of drug-likeness (QED) is 0.0472. The third-order valence-electron chi connectivity index (χ3n) is 11.4. The molecule has 0 radical (unpaired) electrons. The Hall–Kier alpha value is -3.02. The zero-order valence-corrected chi connectivity index (χ0v) is 41.8. The molecule has 7 heteroatoms. The first-order valence-electron chi connectivity index (χ1n) is 22.5. The van der Waals surface area contributed by atoms with Crippen molar-refractivity contribution in [1.82, 2.24) is 9.80 Å². The first-order valence-corrected chi connectivity index (χ1v) is 29.4. The monoisotopic (exact) mass is 848 g/mol. The topological polar surface area (TPSA) is 43.6 Å². The smallest absolute Gasteiger partial charge is 0.872 e. The van der Waals surface area contributed by atoms with Crippen molar-refractivity contribution < 1.29 is 5.11 Å². The van der Waals surface area contributed by atoms with Crippen molar-refractivity contribution in [1.29, 1.82) is 0 Å². The summed E-state index contributed by atoms with van der Waals surface area (Å²) in [5.41, 5.74) is 6.65. The summed E-state index contributed by atoms with van der Waals surface area (Å²) in [7, 11) is -2.21. The SMILES string of the molecule is CCCCCCCCN1CCC[C@H]1CN(Cc1ccccc1)Cc1cc(C)cc(C(c2ccccc2)(c2ccccc2)c2ccccc2)c1[O-].C[Si](C)(C)[N-][Si](C)(C)C.[Mg+2]. The van der Waals surface area contributed by atoms with Crippen LogP contribution in [0.2, 0.25) is 39.3 Å². The fraction of sp³-hybridized carbons (Fsp3) is 0.434. The van der Waals surface area contributed by atoms with Gasteiger partial charge in [0, 0.05) is 25.7 Å². The van der Waals surface area contributed by atoms with Crippen molar-refractivity contribution in [3.63, 3.8) is 0 Å². The largest absolute Gasteiger partial charge is 2.00 e. The zero-order chi connectivity index (χ0) is 42.3. The van der Waals surface area contributed by atoms with Crippen LogP contribution in [0.15, 0.2) is 133 Å². The second-order valence-electron chi connectivity index (χ2n) is 18.9. The van der Waals surface area contributed by atoms with Crippen molar-refractivity contribution in [2.75, 3.05) is 19.6 Å². The summed E-state index contributed by atoms with van der Waals surface area (Å²) in [4.78, 5) is 5.29. The minimum Gasteiger partial charge on any atom is -0.872 e. The maximum absolute atomic E-state index is 15.2. The van der Waals surface area contributed by atoms with Crippen LogP contribution in [0.1, 0.15) is 97.2 Å². The molecule has 316 valence electrons. The molecule has 0 aromatic heterocycles. The van der Waals surface area contributed by atoms with Crippen molar-refractivity contribution >= 4 is 39.5 Å². The second kappa shape index (κ2) is 24.0. The summed E-state index contributed by atoms with van der Waals surface area (Å²) in [6, 6.07) is 47.5. The number of aryl methyl sites for hydroxylation is 1. The van der Waals surface area contributed by atoms with Crippen LogP contribution < -0.4 is 5.11 Å². The summed E-state index contributed by atoms with van der Waals surface area (Å²) in [5.74, 6) is 0.139. The van der Waals surface area contributed by atoms with Gasteiger partial charge in [-0.25, -0.2) is 0 Å². The van der Waals surface area contributed by atoms with Gasteiger partial charge in [0.15, 0.2) is 0 Å². The molecule has 1 atom stereocenters. The average molecular weight is 849 g/mol. The standard InChI is InChI=1S/C47H56N2O.C6H18NSi2.Mg/c1-3-4-5-6-7-20-31-49-32-21-30-44(49)37-48(35-39-22-12-8-13-23-39)36-40-33-38(2)34-45(46(40)50)47(41-24-14-9-15-25-41,42-26-16-10-17-27-42)43-28-18-11-19-29-43;1-8(2,3)7-9(4,5)6;/h8-19,22-29,33-34,44,50H,3-7,20-21,30-32,35-37H2,1-2H3;1-6H3;/q;-1;+2/p-1/t44-;;/m0../s1. The van der Waals surface area contributed by atoms with Gasteiger partial charge in [-0.1, -0.05) is 240 Å². The molecule has 0 aliphatic carbocycles. The van der Waals surface area contributed by atoms with Crippen LogP contribution in [-0.2, 0) is 18.5 Å². The first kappa shape index (κ1) is 49.6. The van der Waals surface area contributed by atoms with Gasteiger partial charge in [-0.2, -0.15) is 0 Å². The first-order chi connectivity index (χ1) is 28.3. The number of benzene rings is 5. The van der Waals surface area contributed by atoms with Crippen molar-refractivity contribution in [3.05, 3.63) is 177 Å². The molecule has 60 heavy (non-hydrogen) atoms. The zero-order valence-electron chi connectivity index (χ0n) is 38.4. The molecule has 0 amide bonds. The number of unbranched alkanes of at least 4 members (excludes halogenated alkanes) is 5. The summed E-state index contributed by atoms with van der Waals surface area (Å²) in [6.07, 6.45) is 10.5. The molecule has 5 aromatic carbocycles. The third-order valence-corrected chi connectivity index (χ3v) is 16.8. The van der Waals surface area contributed by atoms with E-state index in [0.29, 0.717) is 12.6 Å². The van der Waals surface area contributed by atoms with E-state index in [1.807, 2.05) is 0 Å². The van der Waals surface area contributed by atoms with Gasteiger partial charge in [0.25, 0.3) is 0 Å². The maximum Gasteiger partial charge on any atom is 2.00 e. The number of nitrogens with zero attached hydrogens (tertiary/aromatic N) is 3. The molecule has 1 aliphatic rings. The molecule has 0 N–H and O–H groups in total. The molecular formula is C53H73MgN3OSi2.